The van der Waals surface area contributed by atoms with Crippen molar-refractivity contribution >= 4 is 11.7 Å². The predicted octanol–water partition coefficient (Wildman–Crippen LogP) is 2.35. The smallest absolute Gasteiger partial charge is 0.224 e. The molecule has 1 aliphatic rings. The van der Waals surface area contributed by atoms with Gasteiger partial charge in [-0.05, 0) is 31.4 Å². The molecule has 1 saturated heterocycles. The molecule has 1 N–H and O–H groups in total. The lowest BCUT2D eigenvalue weighted by Gasteiger charge is -2.32. The number of hydrogen-bond donors (Lipinski definition) is 1. The molecule has 5 heteroatoms. The Hall–Kier alpha value is -1.65. The highest BCUT2D eigenvalue weighted by atomic mass is 19.1. The summed E-state index contributed by atoms with van der Waals surface area (Å²) in [7, 11) is 0. The van der Waals surface area contributed by atoms with Crippen LogP contribution < -0.4 is 10.2 Å². The minimum atomic E-state index is -0.475. The molecule has 2 rings (SSSR count). The van der Waals surface area contributed by atoms with Crippen LogP contribution in [0.4, 0.5) is 10.2 Å². The van der Waals surface area contributed by atoms with Gasteiger partial charge in [-0.1, -0.05) is 19.4 Å². The van der Waals surface area contributed by atoms with Gasteiger partial charge in [-0.25, -0.2) is 4.98 Å². The van der Waals surface area contributed by atoms with Gasteiger partial charge in [-0.15, -0.1) is 0 Å². The Morgan fingerprint density at radius 1 is 1.55 bits per heavy atom. The SMILES string of the molecule is CCCCNC(=O)C1CCCN(c2cccc(F)n2)C1. The lowest BCUT2D eigenvalue weighted by molar-refractivity contribution is -0.125. The number of carbonyl (C=O) groups excluding carboxylic acids is 1. The molecule has 20 heavy (non-hydrogen) atoms. The van der Waals surface area contributed by atoms with Crippen LogP contribution in [0.1, 0.15) is 32.6 Å². The lowest BCUT2D eigenvalue weighted by atomic mass is 9.97. The topological polar surface area (TPSA) is 45.2 Å². The molecule has 1 atom stereocenters. The van der Waals surface area contributed by atoms with Crippen LogP contribution >= 0.6 is 0 Å². The van der Waals surface area contributed by atoms with Crippen molar-refractivity contribution in [1.29, 1.82) is 0 Å². The number of nitrogens with zero attached hydrogens (tertiary/aromatic N) is 2. The number of aromatic nitrogens is 1. The van der Waals surface area contributed by atoms with Crippen LogP contribution in [0.5, 0.6) is 0 Å². The molecule has 1 unspecified atom stereocenters. The fourth-order valence-electron chi connectivity index (χ4n) is 2.51. The van der Waals surface area contributed by atoms with E-state index in [1.165, 1.54) is 6.07 Å². The van der Waals surface area contributed by atoms with Crippen LogP contribution in [0.2, 0.25) is 0 Å². The first-order valence-corrected chi connectivity index (χ1v) is 7.36. The molecule has 0 aromatic carbocycles. The van der Waals surface area contributed by atoms with Gasteiger partial charge in [0.25, 0.3) is 0 Å². The fourth-order valence-corrected chi connectivity index (χ4v) is 2.51. The number of hydrogen-bond acceptors (Lipinski definition) is 3. The number of rotatable bonds is 5. The van der Waals surface area contributed by atoms with E-state index in [1.54, 1.807) is 12.1 Å². The summed E-state index contributed by atoms with van der Waals surface area (Å²) in [6, 6.07) is 4.78. The molecule has 1 aromatic rings. The number of unbranched alkanes of at least 4 members (excludes halogenated alkanes) is 1. The number of pyridine rings is 1. The van der Waals surface area contributed by atoms with Gasteiger partial charge in [-0.3, -0.25) is 4.79 Å². The second-order valence-electron chi connectivity index (χ2n) is 5.25. The van der Waals surface area contributed by atoms with Gasteiger partial charge in [0.15, 0.2) is 0 Å². The Morgan fingerprint density at radius 2 is 2.40 bits per heavy atom. The zero-order valence-corrected chi connectivity index (χ0v) is 11.9. The van der Waals surface area contributed by atoms with Crippen molar-refractivity contribution in [2.24, 2.45) is 5.92 Å². The monoisotopic (exact) mass is 279 g/mol. The highest BCUT2D eigenvalue weighted by molar-refractivity contribution is 5.79. The van der Waals surface area contributed by atoms with Crippen molar-refractivity contribution in [2.45, 2.75) is 32.6 Å². The Balaban J connectivity index is 1.93. The average Bonchev–Trinajstić information content (AvgIpc) is 2.47. The quantitative estimate of drug-likeness (QED) is 0.665. The molecule has 1 fully saturated rings. The first-order chi connectivity index (χ1) is 9.70. The number of nitrogens with one attached hydrogen (secondary N) is 1. The van der Waals surface area contributed by atoms with Gasteiger partial charge in [0.05, 0.1) is 5.92 Å². The third-order valence-corrected chi connectivity index (χ3v) is 3.65. The first-order valence-electron chi connectivity index (χ1n) is 7.36. The van der Waals surface area contributed by atoms with E-state index in [0.717, 1.165) is 38.8 Å². The van der Waals surface area contributed by atoms with E-state index in [-0.39, 0.29) is 11.8 Å². The van der Waals surface area contributed by atoms with Gasteiger partial charge in [0, 0.05) is 19.6 Å². The molecule has 0 saturated carbocycles. The highest BCUT2D eigenvalue weighted by Gasteiger charge is 2.26. The molecule has 0 radical (unpaired) electrons. The molecule has 0 spiro atoms. The van der Waals surface area contributed by atoms with E-state index >= 15 is 0 Å². The third kappa shape index (κ3) is 3.92. The number of carbonyl (C=O) groups is 1. The second-order valence-corrected chi connectivity index (χ2v) is 5.25. The Labute approximate surface area is 119 Å². The summed E-state index contributed by atoms with van der Waals surface area (Å²) in [6.07, 6.45) is 3.91. The molecule has 1 amide bonds. The van der Waals surface area contributed by atoms with Gasteiger partial charge in [0.2, 0.25) is 11.9 Å². The molecular formula is C15H22FN3O. The Bertz CT molecular complexity index is 452. The number of piperidine rings is 1. The molecular weight excluding hydrogens is 257 g/mol. The van der Waals surface area contributed by atoms with Gasteiger partial charge in [-0.2, -0.15) is 4.39 Å². The van der Waals surface area contributed by atoms with Crippen molar-refractivity contribution in [3.8, 4) is 0 Å². The maximum atomic E-state index is 13.2. The van der Waals surface area contributed by atoms with Crippen LogP contribution in [-0.4, -0.2) is 30.5 Å². The van der Waals surface area contributed by atoms with Crippen LogP contribution in [0.3, 0.4) is 0 Å². The highest BCUT2D eigenvalue weighted by Crippen LogP contribution is 2.21. The van der Waals surface area contributed by atoms with Gasteiger partial charge >= 0.3 is 0 Å². The first kappa shape index (κ1) is 14.8. The number of anilines is 1. The Kier molecular flexibility index (Phi) is 5.32. The second kappa shape index (κ2) is 7.22. The maximum Gasteiger partial charge on any atom is 0.224 e. The largest absolute Gasteiger partial charge is 0.356 e. The van der Waals surface area contributed by atoms with Crippen LogP contribution in [0.25, 0.3) is 0 Å². The standard InChI is InChI=1S/C15H22FN3O/c1-2-3-9-17-15(20)12-6-5-10-19(11-12)14-8-4-7-13(16)18-14/h4,7-8,12H,2-3,5-6,9-11H2,1H3,(H,17,20). The van der Waals surface area contributed by atoms with E-state index in [4.69, 9.17) is 0 Å². The van der Waals surface area contributed by atoms with Crippen molar-refractivity contribution in [1.82, 2.24) is 10.3 Å². The summed E-state index contributed by atoms with van der Waals surface area (Å²) in [4.78, 5) is 18.0. The van der Waals surface area contributed by atoms with Crippen molar-refractivity contribution in [3.63, 3.8) is 0 Å². The summed E-state index contributed by atoms with van der Waals surface area (Å²) < 4.78 is 13.2. The zero-order valence-electron chi connectivity index (χ0n) is 11.9. The predicted molar refractivity (Wildman–Crippen MR) is 77.0 cm³/mol. The Morgan fingerprint density at radius 3 is 3.15 bits per heavy atom. The summed E-state index contributed by atoms with van der Waals surface area (Å²) in [5, 5.41) is 2.98. The minimum absolute atomic E-state index is 0.0225. The van der Waals surface area contributed by atoms with Crippen LogP contribution in [0.15, 0.2) is 18.2 Å². The van der Waals surface area contributed by atoms with Crippen LogP contribution in [0, 0.1) is 11.9 Å². The van der Waals surface area contributed by atoms with Crippen molar-refractivity contribution < 1.29 is 9.18 Å². The summed E-state index contributed by atoms with van der Waals surface area (Å²) in [5.74, 6) is 0.235. The van der Waals surface area contributed by atoms with E-state index in [0.29, 0.717) is 12.4 Å². The lowest BCUT2D eigenvalue weighted by Crippen LogP contribution is -2.43. The van der Waals surface area contributed by atoms with E-state index in [1.807, 2.05) is 4.90 Å². The fraction of sp³-hybridized carbons (Fsp3) is 0.600. The normalized spacial score (nSPS) is 18.9. The summed E-state index contributed by atoms with van der Waals surface area (Å²) in [5.41, 5.74) is 0. The van der Waals surface area contributed by atoms with Crippen molar-refractivity contribution in [3.05, 3.63) is 24.1 Å². The molecule has 4 nitrogen and oxygen atoms in total. The average molecular weight is 279 g/mol. The number of amides is 1. The van der Waals surface area contributed by atoms with Gasteiger partial charge < -0.3 is 10.2 Å². The van der Waals surface area contributed by atoms with E-state index in [2.05, 4.69) is 17.2 Å². The number of halogens is 1. The molecule has 0 aliphatic carbocycles. The molecule has 0 bridgehead atoms. The third-order valence-electron chi connectivity index (χ3n) is 3.65. The molecule has 2 heterocycles. The van der Waals surface area contributed by atoms with E-state index in [9.17, 15) is 9.18 Å². The van der Waals surface area contributed by atoms with Crippen molar-refractivity contribution in [2.75, 3.05) is 24.5 Å². The van der Waals surface area contributed by atoms with E-state index < -0.39 is 5.95 Å². The van der Waals surface area contributed by atoms with Crippen LogP contribution in [-0.2, 0) is 4.79 Å². The molecule has 110 valence electrons. The van der Waals surface area contributed by atoms with Gasteiger partial charge in [0.1, 0.15) is 5.82 Å². The molecule has 1 aliphatic heterocycles. The minimum Gasteiger partial charge on any atom is -0.356 e. The summed E-state index contributed by atoms with van der Waals surface area (Å²) in [6.45, 7) is 4.29. The molecule has 1 aromatic heterocycles. The maximum absolute atomic E-state index is 13.2. The summed E-state index contributed by atoms with van der Waals surface area (Å²) >= 11 is 0. The zero-order chi connectivity index (χ0) is 14.4.